The summed E-state index contributed by atoms with van der Waals surface area (Å²) in [6, 6.07) is 72.8. The zero-order valence-electron chi connectivity index (χ0n) is 30.4. The number of anilines is 3. The van der Waals surface area contributed by atoms with Crippen molar-refractivity contribution in [1.82, 2.24) is 0 Å². The molecule has 0 radical (unpaired) electrons. The molecule has 11 aromatic rings. The molecule has 12 rings (SSSR count). The average molecular weight is 712 g/mol. The number of nitrogens with zero attached hydrogens (tertiary/aromatic N) is 1. The zero-order chi connectivity index (χ0) is 36.7. The van der Waals surface area contributed by atoms with Gasteiger partial charge in [0, 0.05) is 27.4 Å². The van der Waals surface area contributed by atoms with Crippen molar-refractivity contribution in [2.45, 2.75) is 0 Å². The first-order valence-electron chi connectivity index (χ1n) is 19.2. The molecule has 0 spiro atoms. The molecule has 0 atom stereocenters. The lowest BCUT2D eigenvalue weighted by molar-refractivity contribution is 0.669. The highest BCUT2D eigenvalue weighted by Gasteiger charge is 2.26. The van der Waals surface area contributed by atoms with Crippen LogP contribution in [0.4, 0.5) is 17.1 Å². The predicted molar refractivity (Wildman–Crippen MR) is 236 cm³/mol. The molecule has 0 aliphatic heterocycles. The van der Waals surface area contributed by atoms with Gasteiger partial charge in [0.05, 0.1) is 11.4 Å². The van der Waals surface area contributed by atoms with Crippen molar-refractivity contribution in [3.05, 3.63) is 200 Å². The summed E-state index contributed by atoms with van der Waals surface area (Å²) >= 11 is 0. The van der Waals surface area contributed by atoms with Gasteiger partial charge in [0.1, 0.15) is 11.2 Å². The van der Waals surface area contributed by atoms with Crippen LogP contribution < -0.4 is 4.90 Å². The third kappa shape index (κ3) is 4.69. The van der Waals surface area contributed by atoms with Crippen LogP contribution in [0.2, 0.25) is 0 Å². The fourth-order valence-corrected chi connectivity index (χ4v) is 9.06. The smallest absolute Gasteiger partial charge is 0.136 e. The van der Waals surface area contributed by atoms with E-state index in [1.54, 1.807) is 0 Å². The van der Waals surface area contributed by atoms with E-state index in [0.29, 0.717) is 0 Å². The van der Waals surface area contributed by atoms with Gasteiger partial charge in [-0.2, -0.15) is 0 Å². The molecule has 0 bridgehead atoms. The van der Waals surface area contributed by atoms with E-state index in [9.17, 15) is 0 Å². The van der Waals surface area contributed by atoms with Crippen LogP contribution in [0.1, 0.15) is 0 Å². The van der Waals surface area contributed by atoms with E-state index in [-0.39, 0.29) is 0 Å². The quantitative estimate of drug-likeness (QED) is 0.177. The SMILES string of the molecule is c1ccc(-c2ccc3cc4c(cc3c2)-c2cc3cc(N(c5ccc6oc7ccccc7c6c5-c5ccccc5)c5cccc6ccccc56)ccc3cc2-4)cc1. The van der Waals surface area contributed by atoms with E-state index in [4.69, 9.17) is 4.42 Å². The molecule has 1 aliphatic rings. The number of benzene rings is 10. The van der Waals surface area contributed by atoms with Gasteiger partial charge in [-0.05, 0) is 133 Å². The fraction of sp³-hybridized carbons (Fsp3) is 0. The van der Waals surface area contributed by atoms with Crippen LogP contribution in [0.3, 0.4) is 0 Å². The first-order valence-corrected chi connectivity index (χ1v) is 19.2. The van der Waals surface area contributed by atoms with E-state index in [1.807, 2.05) is 6.07 Å². The molecule has 0 fully saturated rings. The van der Waals surface area contributed by atoms with E-state index in [2.05, 4.69) is 199 Å². The van der Waals surface area contributed by atoms with Gasteiger partial charge >= 0.3 is 0 Å². The third-order valence-electron chi connectivity index (χ3n) is 11.7. The van der Waals surface area contributed by atoms with Crippen molar-refractivity contribution in [3.8, 4) is 44.5 Å². The van der Waals surface area contributed by atoms with Gasteiger partial charge in [0.15, 0.2) is 0 Å². The first kappa shape index (κ1) is 31.0. The molecular formula is C54H33NO. The van der Waals surface area contributed by atoms with Crippen molar-refractivity contribution in [3.63, 3.8) is 0 Å². The molecule has 0 saturated carbocycles. The molecule has 0 unspecified atom stereocenters. The van der Waals surface area contributed by atoms with Crippen LogP contribution in [0.25, 0.3) is 98.8 Å². The van der Waals surface area contributed by atoms with E-state index in [1.165, 1.54) is 65.7 Å². The lowest BCUT2D eigenvalue weighted by Gasteiger charge is -2.30. The van der Waals surface area contributed by atoms with E-state index < -0.39 is 0 Å². The average Bonchev–Trinajstić information content (AvgIpc) is 3.64. The lowest BCUT2D eigenvalue weighted by atomic mass is 9.77. The molecule has 10 aromatic carbocycles. The Morgan fingerprint density at radius 1 is 0.321 bits per heavy atom. The second kappa shape index (κ2) is 12.0. The van der Waals surface area contributed by atoms with Gasteiger partial charge in [-0.25, -0.2) is 0 Å². The largest absolute Gasteiger partial charge is 0.456 e. The highest BCUT2D eigenvalue weighted by molar-refractivity contribution is 6.18. The Hall–Kier alpha value is -7.42. The minimum atomic E-state index is 0.881. The molecule has 2 heteroatoms. The van der Waals surface area contributed by atoms with Gasteiger partial charge in [0.25, 0.3) is 0 Å². The van der Waals surface area contributed by atoms with Gasteiger partial charge in [0.2, 0.25) is 0 Å². The lowest BCUT2D eigenvalue weighted by Crippen LogP contribution is -2.12. The molecule has 56 heavy (non-hydrogen) atoms. The maximum absolute atomic E-state index is 6.49. The van der Waals surface area contributed by atoms with E-state index >= 15 is 0 Å². The van der Waals surface area contributed by atoms with Gasteiger partial charge in [-0.15, -0.1) is 0 Å². The number of furan rings is 1. The minimum Gasteiger partial charge on any atom is -0.456 e. The molecule has 2 nitrogen and oxygen atoms in total. The van der Waals surface area contributed by atoms with Gasteiger partial charge in [-0.1, -0.05) is 133 Å². The molecule has 0 N–H and O–H groups in total. The standard InChI is InChI=1S/C54H33NO/c1-3-12-34(13-4-1)37-22-23-38-30-45-46-31-39-24-25-42(29-41(39)33-48(46)47(45)32-40(38)28-37)55(49-20-11-17-35-14-7-8-18-43(35)49)50-26-27-52-54(44-19-9-10-21-51(44)56-52)53(50)36-15-5-2-6-16-36/h1-33H. The summed E-state index contributed by atoms with van der Waals surface area (Å²) in [5.41, 5.74) is 15.2. The Morgan fingerprint density at radius 2 is 0.929 bits per heavy atom. The monoisotopic (exact) mass is 711 g/mol. The molecular weight excluding hydrogens is 679 g/mol. The Labute approximate surface area is 324 Å². The van der Waals surface area contributed by atoms with Crippen molar-refractivity contribution in [1.29, 1.82) is 0 Å². The van der Waals surface area contributed by atoms with Crippen molar-refractivity contribution >= 4 is 71.3 Å². The Kier molecular flexibility index (Phi) is 6.66. The summed E-state index contributed by atoms with van der Waals surface area (Å²) in [4.78, 5) is 2.46. The summed E-state index contributed by atoms with van der Waals surface area (Å²) in [5, 5.41) is 9.61. The van der Waals surface area contributed by atoms with Crippen LogP contribution >= 0.6 is 0 Å². The molecule has 1 aromatic heterocycles. The Morgan fingerprint density at radius 3 is 1.70 bits per heavy atom. The number of fused-ring (bicyclic) bond motifs is 10. The summed E-state index contributed by atoms with van der Waals surface area (Å²) in [7, 11) is 0. The highest BCUT2D eigenvalue weighted by Crippen LogP contribution is 2.52. The number of rotatable bonds is 5. The summed E-state index contributed by atoms with van der Waals surface area (Å²) in [6.45, 7) is 0. The van der Waals surface area contributed by atoms with Crippen LogP contribution in [0, 0.1) is 0 Å². The number of hydrogen-bond donors (Lipinski definition) is 0. The zero-order valence-corrected chi connectivity index (χ0v) is 30.4. The maximum Gasteiger partial charge on any atom is 0.136 e. The number of hydrogen-bond acceptors (Lipinski definition) is 2. The van der Waals surface area contributed by atoms with Crippen molar-refractivity contribution in [2.75, 3.05) is 4.90 Å². The number of para-hydroxylation sites is 1. The molecule has 260 valence electrons. The topological polar surface area (TPSA) is 16.4 Å². The summed E-state index contributed by atoms with van der Waals surface area (Å²) in [6.07, 6.45) is 0. The van der Waals surface area contributed by atoms with Crippen LogP contribution in [-0.2, 0) is 0 Å². The minimum absolute atomic E-state index is 0.881. The second-order valence-electron chi connectivity index (χ2n) is 14.9. The van der Waals surface area contributed by atoms with Crippen molar-refractivity contribution in [2.24, 2.45) is 0 Å². The summed E-state index contributed by atoms with van der Waals surface area (Å²) < 4.78 is 6.49. The second-order valence-corrected chi connectivity index (χ2v) is 14.9. The maximum atomic E-state index is 6.49. The summed E-state index contributed by atoms with van der Waals surface area (Å²) in [5.74, 6) is 0. The first-order chi connectivity index (χ1) is 27.7. The van der Waals surface area contributed by atoms with Crippen LogP contribution in [0.15, 0.2) is 205 Å². The predicted octanol–water partition coefficient (Wildman–Crippen LogP) is 15.5. The fourth-order valence-electron chi connectivity index (χ4n) is 9.06. The molecule has 0 saturated heterocycles. The normalized spacial score (nSPS) is 11.9. The van der Waals surface area contributed by atoms with E-state index in [0.717, 1.165) is 50.1 Å². The van der Waals surface area contributed by atoms with Gasteiger partial charge in [-0.3, -0.25) is 0 Å². The highest BCUT2D eigenvalue weighted by atomic mass is 16.3. The molecule has 1 heterocycles. The third-order valence-corrected chi connectivity index (χ3v) is 11.7. The van der Waals surface area contributed by atoms with Crippen molar-refractivity contribution < 1.29 is 4.42 Å². The Bertz CT molecular complexity index is 3350. The molecule has 1 aliphatic carbocycles. The van der Waals surface area contributed by atoms with Gasteiger partial charge < -0.3 is 9.32 Å². The van der Waals surface area contributed by atoms with Crippen LogP contribution in [-0.4, -0.2) is 0 Å². The Balaban J connectivity index is 1.07. The van der Waals surface area contributed by atoms with Crippen LogP contribution in [0.5, 0.6) is 0 Å². The molecule has 0 amide bonds.